The van der Waals surface area contributed by atoms with Crippen LogP contribution in [-0.4, -0.2) is 18.9 Å². The second kappa shape index (κ2) is 3.75. The Labute approximate surface area is 75.0 Å². The van der Waals surface area contributed by atoms with E-state index in [1.165, 1.54) is 13.2 Å². The molecular formula is C8H10N2O3. The summed E-state index contributed by atoms with van der Waals surface area (Å²) in [6, 6.07) is 3.08. The van der Waals surface area contributed by atoms with Crippen LogP contribution in [0.4, 0.5) is 0 Å². The van der Waals surface area contributed by atoms with E-state index < -0.39 is 5.97 Å². The van der Waals surface area contributed by atoms with Gasteiger partial charge in [0, 0.05) is 0 Å². The van der Waals surface area contributed by atoms with E-state index in [1.54, 1.807) is 6.07 Å². The number of ether oxygens (including phenoxy) is 1. The molecule has 0 aliphatic carbocycles. The number of carbonyl (C=O) groups excluding carboxylic acids is 1. The van der Waals surface area contributed by atoms with Crippen molar-refractivity contribution in [2.24, 2.45) is 5.73 Å². The Bertz CT molecular complexity index is 330. The van der Waals surface area contributed by atoms with Crippen LogP contribution in [0, 0.1) is 5.41 Å². The summed E-state index contributed by atoms with van der Waals surface area (Å²) in [5.74, 6) is 0.0622. The van der Waals surface area contributed by atoms with Crippen LogP contribution in [0.1, 0.15) is 16.3 Å². The fraction of sp³-hybridized carbons (Fsp3) is 0.250. The van der Waals surface area contributed by atoms with Gasteiger partial charge in [0.15, 0.2) is 0 Å². The lowest BCUT2D eigenvalue weighted by Gasteiger charge is -1.94. The molecule has 1 aromatic rings. The maximum absolute atomic E-state index is 10.9. The fourth-order valence-corrected chi connectivity index (χ4v) is 0.871. The van der Waals surface area contributed by atoms with Crippen molar-refractivity contribution in [1.29, 1.82) is 5.41 Å². The molecule has 13 heavy (non-hydrogen) atoms. The molecule has 0 spiro atoms. The molecule has 0 radical (unpaired) electrons. The van der Waals surface area contributed by atoms with Crippen LogP contribution in [0.3, 0.4) is 0 Å². The molecule has 0 saturated carbocycles. The lowest BCUT2D eigenvalue weighted by molar-refractivity contribution is 0.0563. The number of methoxy groups -OCH3 is 1. The van der Waals surface area contributed by atoms with E-state index >= 15 is 0 Å². The Morgan fingerprint density at radius 2 is 2.38 bits per heavy atom. The maximum atomic E-state index is 10.9. The van der Waals surface area contributed by atoms with Crippen LogP contribution in [-0.2, 0) is 11.2 Å². The summed E-state index contributed by atoms with van der Waals surface area (Å²) in [7, 11) is 1.27. The Kier molecular flexibility index (Phi) is 2.69. The summed E-state index contributed by atoms with van der Waals surface area (Å²) in [6.07, 6.45) is 0.205. The van der Waals surface area contributed by atoms with Gasteiger partial charge in [-0.2, -0.15) is 0 Å². The molecule has 3 N–H and O–H groups in total. The van der Waals surface area contributed by atoms with E-state index in [9.17, 15) is 4.79 Å². The third kappa shape index (κ3) is 2.33. The molecule has 0 aliphatic heterocycles. The van der Waals surface area contributed by atoms with Crippen molar-refractivity contribution in [3.63, 3.8) is 0 Å². The molecule has 0 saturated heterocycles. The van der Waals surface area contributed by atoms with Gasteiger partial charge < -0.3 is 14.9 Å². The quantitative estimate of drug-likeness (QED) is 0.405. The SMILES string of the molecule is COC(=O)c1ccc(CC(=N)N)o1. The minimum absolute atomic E-state index is 0.00855. The van der Waals surface area contributed by atoms with E-state index in [1.807, 2.05) is 0 Å². The van der Waals surface area contributed by atoms with Gasteiger partial charge in [0.05, 0.1) is 19.4 Å². The summed E-state index contributed by atoms with van der Waals surface area (Å²) in [6.45, 7) is 0. The zero-order chi connectivity index (χ0) is 9.84. The first kappa shape index (κ1) is 9.31. The highest BCUT2D eigenvalue weighted by atomic mass is 16.5. The number of rotatable bonds is 3. The van der Waals surface area contributed by atoms with Crippen molar-refractivity contribution >= 4 is 11.8 Å². The summed E-state index contributed by atoms with van der Waals surface area (Å²) in [5.41, 5.74) is 5.15. The van der Waals surface area contributed by atoms with Crippen LogP contribution in [0.2, 0.25) is 0 Å². The summed E-state index contributed by atoms with van der Waals surface area (Å²) < 4.78 is 9.49. The van der Waals surface area contributed by atoms with Gasteiger partial charge in [-0.05, 0) is 12.1 Å². The second-order valence-corrected chi connectivity index (χ2v) is 2.46. The first-order valence-electron chi connectivity index (χ1n) is 3.63. The first-order valence-corrected chi connectivity index (χ1v) is 3.63. The molecular weight excluding hydrogens is 172 g/mol. The highest BCUT2D eigenvalue weighted by Gasteiger charge is 2.10. The molecule has 70 valence electrons. The fourth-order valence-electron chi connectivity index (χ4n) is 0.871. The van der Waals surface area contributed by atoms with E-state index in [-0.39, 0.29) is 18.0 Å². The van der Waals surface area contributed by atoms with Gasteiger partial charge in [-0.3, -0.25) is 5.41 Å². The standard InChI is InChI=1S/C8H10N2O3/c1-12-8(11)6-3-2-5(13-6)4-7(9)10/h2-3H,4H2,1H3,(H3,9,10). The normalized spacial score (nSPS) is 9.62. The molecule has 0 aromatic carbocycles. The van der Waals surface area contributed by atoms with Gasteiger partial charge in [0.25, 0.3) is 0 Å². The number of esters is 1. The molecule has 5 heteroatoms. The highest BCUT2D eigenvalue weighted by molar-refractivity contribution is 5.86. The molecule has 5 nitrogen and oxygen atoms in total. The van der Waals surface area contributed by atoms with Gasteiger partial charge in [-0.1, -0.05) is 0 Å². The molecule has 0 atom stereocenters. The van der Waals surface area contributed by atoms with Crippen LogP contribution < -0.4 is 5.73 Å². The number of nitrogens with two attached hydrogens (primary N) is 1. The summed E-state index contributed by atoms with van der Waals surface area (Å²) in [4.78, 5) is 10.9. The van der Waals surface area contributed by atoms with Crippen molar-refractivity contribution < 1.29 is 13.9 Å². The first-order chi connectivity index (χ1) is 6.13. The zero-order valence-corrected chi connectivity index (χ0v) is 7.16. The van der Waals surface area contributed by atoms with Gasteiger partial charge in [0.1, 0.15) is 5.76 Å². The van der Waals surface area contributed by atoms with E-state index in [2.05, 4.69) is 4.74 Å². The van der Waals surface area contributed by atoms with Gasteiger partial charge in [-0.15, -0.1) is 0 Å². The Balaban J connectivity index is 2.74. The molecule has 0 amide bonds. The molecule has 0 bridgehead atoms. The zero-order valence-electron chi connectivity index (χ0n) is 7.16. The predicted octanol–water partition coefficient (Wildman–Crippen LogP) is 0.545. The number of furan rings is 1. The average Bonchev–Trinajstić information content (AvgIpc) is 2.50. The molecule has 0 aliphatic rings. The Morgan fingerprint density at radius 1 is 1.69 bits per heavy atom. The largest absolute Gasteiger partial charge is 0.463 e. The van der Waals surface area contributed by atoms with Crippen molar-refractivity contribution in [3.05, 3.63) is 23.7 Å². The van der Waals surface area contributed by atoms with Gasteiger partial charge in [-0.25, -0.2) is 4.79 Å². The van der Waals surface area contributed by atoms with Crippen molar-refractivity contribution in [1.82, 2.24) is 0 Å². The van der Waals surface area contributed by atoms with E-state index in [4.69, 9.17) is 15.6 Å². The molecule has 0 fully saturated rings. The molecule has 1 heterocycles. The van der Waals surface area contributed by atoms with Crippen molar-refractivity contribution in [2.75, 3.05) is 7.11 Å². The third-order valence-electron chi connectivity index (χ3n) is 1.41. The summed E-state index contributed by atoms with van der Waals surface area (Å²) in [5, 5.41) is 6.99. The number of carbonyl (C=O) groups is 1. The number of hydrogen-bond acceptors (Lipinski definition) is 4. The van der Waals surface area contributed by atoms with Crippen LogP contribution in [0.5, 0.6) is 0 Å². The lowest BCUT2D eigenvalue weighted by Crippen LogP contribution is -2.12. The minimum Gasteiger partial charge on any atom is -0.463 e. The van der Waals surface area contributed by atoms with Crippen molar-refractivity contribution in [2.45, 2.75) is 6.42 Å². The highest BCUT2D eigenvalue weighted by Crippen LogP contribution is 2.09. The Hall–Kier alpha value is -1.78. The number of amidine groups is 1. The molecule has 0 unspecified atom stereocenters. The predicted molar refractivity (Wildman–Crippen MR) is 45.7 cm³/mol. The average molecular weight is 182 g/mol. The maximum Gasteiger partial charge on any atom is 0.373 e. The minimum atomic E-state index is -0.533. The van der Waals surface area contributed by atoms with Crippen molar-refractivity contribution in [3.8, 4) is 0 Å². The van der Waals surface area contributed by atoms with Gasteiger partial charge in [0.2, 0.25) is 5.76 Å². The van der Waals surface area contributed by atoms with Crippen LogP contribution in [0.15, 0.2) is 16.5 Å². The molecule has 1 rings (SSSR count). The smallest absolute Gasteiger partial charge is 0.373 e. The van der Waals surface area contributed by atoms with E-state index in [0.717, 1.165) is 0 Å². The topological polar surface area (TPSA) is 89.3 Å². The second-order valence-electron chi connectivity index (χ2n) is 2.46. The lowest BCUT2D eigenvalue weighted by atomic mass is 10.3. The van der Waals surface area contributed by atoms with Crippen LogP contribution in [0.25, 0.3) is 0 Å². The number of nitrogens with one attached hydrogen (secondary N) is 1. The molecule has 1 aromatic heterocycles. The monoisotopic (exact) mass is 182 g/mol. The summed E-state index contributed by atoms with van der Waals surface area (Å²) >= 11 is 0. The van der Waals surface area contributed by atoms with Crippen LogP contribution >= 0.6 is 0 Å². The van der Waals surface area contributed by atoms with Gasteiger partial charge >= 0.3 is 5.97 Å². The number of hydrogen-bond donors (Lipinski definition) is 2. The Morgan fingerprint density at radius 3 is 2.92 bits per heavy atom. The third-order valence-corrected chi connectivity index (χ3v) is 1.41. The van der Waals surface area contributed by atoms with E-state index in [0.29, 0.717) is 5.76 Å².